The molecule has 19 heavy (non-hydrogen) atoms. The number of carbonyl (C=O) groups excluding carboxylic acids is 1. The average Bonchev–Trinajstić information content (AvgIpc) is 3.12. The fourth-order valence-electron chi connectivity index (χ4n) is 3.20. The Kier molecular flexibility index (Phi) is 3.31. The van der Waals surface area contributed by atoms with Crippen molar-refractivity contribution in [2.75, 3.05) is 19.6 Å². The van der Waals surface area contributed by atoms with Crippen molar-refractivity contribution in [2.45, 2.75) is 44.1 Å². The Morgan fingerprint density at radius 2 is 2.26 bits per heavy atom. The van der Waals surface area contributed by atoms with Gasteiger partial charge in [-0.1, -0.05) is 6.92 Å². The number of likely N-dealkylation sites (tertiary alicyclic amines) is 1. The number of nitrogens with zero attached hydrogens (tertiary/aromatic N) is 2. The molecular formula is C14H22N4O. The predicted octanol–water partition coefficient (Wildman–Crippen LogP) is 1.04. The van der Waals surface area contributed by atoms with Crippen molar-refractivity contribution >= 4 is 5.91 Å². The van der Waals surface area contributed by atoms with E-state index in [9.17, 15) is 4.79 Å². The Balaban J connectivity index is 1.61. The van der Waals surface area contributed by atoms with E-state index in [1.807, 2.05) is 4.90 Å². The largest absolute Gasteiger partial charge is 0.341 e. The first kappa shape index (κ1) is 12.7. The van der Waals surface area contributed by atoms with Crippen molar-refractivity contribution in [3.63, 3.8) is 0 Å². The molecule has 0 aromatic carbocycles. The lowest BCUT2D eigenvalue weighted by molar-refractivity contribution is -0.134. The molecule has 2 aliphatic heterocycles. The van der Waals surface area contributed by atoms with Gasteiger partial charge < -0.3 is 10.2 Å². The summed E-state index contributed by atoms with van der Waals surface area (Å²) in [6.07, 6.45) is 5.94. The quantitative estimate of drug-likeness (QED) is 0.837. The highest BCUT2D eigenvalue weighted by Crippen LogP contribution is 2.33. The molecule has 2 aliphatic rings. The van der Waals surface area contributed by atoms with Crippen LogP contribution in [0, 0.1) is 0 Å². The minimum absolute atomic E-state index is 0.0662. The van der Waals surface area contributed by atoms with Gasteiger partial charge in [0, 0.05) is 30.4 Å². The molecule has 3 rings (SSSR count). The molecule has 2 N–H and O–H groups in total. The fourth-order valence-corrected chi connectivity index (χ4v) is 3.20. The highest BCUT2D eigenvalue weighted by atomic mass is 16.2. The van der Waals surface area contributed by atoms with Gasteiger partial charge >= 0.3 is 0 Å². The van der Waals surface area contributed by atoms with Crippen LogP contribution in [0.25, 0.3) is 0 Å². The van der Waals surface area contributed by atoms with Crippen LogP contribution >= 0.6 is 0 Å². The zero-order valence-electron chi connectivity index (χ0n) is 11.5. The van der Waals surface area contributed by atoms with Gasteiger partial charge in [0.15, 0.2) is 0 Å². The zero-order chi connectivity index (χ0) is 13.3. The molecule has 2 fully saturated rings. The van der Waals surface area contributed by atoms with E-state index in [1.165, 1.54) is 5.69 Å². The minimum atomic E-state index is 0.0662. The molecule has 5 heteroatoms. The summed E-state index contributed by atoms with van der Waals surface area (Å²) in [5.74, 6) is 0.296. The number of nitrogens with one attached hydrogen (secondary N) is 2. The minimum Gasteiger partial charge on any atom is -0.341 e. The number of amides is 1. The van der Waals surface area contributed by atoms with Crippen molar-refractivity contribution in [1.82, 2.24) is 20.4 Å². The molecule has 0 radical (unpaired) electrons. The monoisotopic (exact) mass is 262 g/mol. The Morgan fingerprint density at radius 1 is 1.47 bits per heavy atom. The summed E-state index contributed by atoms with van der Waals surface area (Å²) in [5.41, 5.74) is 1.33. The van der Waals surface area contributed by atoms with Gasteiger partial charge in [0.05, 0.1) is 6.04 Å². The van der Waals surface area contributed by atoms with Gasteiger partial charge in [-0.3, -0.25) is 9.89 Å². The maximum Gasteiger partial charge on any atom is 0.239 e. The molecule has 3 heterocycles. The molecule has 5 nitrogen and oxygen atoms in total. The second kappa shape index (κ2) is 4.96. The molecule has 0 spiro atoms. The first-order valence-electron chi connectivity index (χ1n) is 7.21. The van der Waals surface area contributed by atoms with Crippen molar-refractivity contribution in [3.8, 4) is 0 Å². The summed E-state index contributed by atoms with van der Waals surface area (Å²) < 4.78 is 0. The summed E-state index contributed by atoms with van der Waals surface area (Å²) in [7, 11) is 0. The standard InChI is InChI=1S/C14H22N4O/c1-14(12-4-8-16-17-12)5-9-18(10-6-14)13(19)11-3-2-7-15-11/h4,8,11,15H,2-3,5-7,9-10H2,1H3,(H,16,17)/t11-/m0/s1. The van der Waals surface area contributed by atoms with Crippen LogP contribution in [0.1, 0.15) is 38.3 Å². The lowest BCUT2D eigenvalue weighted by atomic mass is 9.77. The van der Waals surface area contributed by atoms with Crippen LogP contribution in [-0.2, 0) is 10.2 Å². The molecule has 0 saturated carbocycles. The van der Waals surface area contributed by atoms with Gasteiger partial charge in [-0.2, -0.15) is 5.10 Å². The maximum absolute atomic E-state index is 12.3. The number of aromatic nitrogens is 2. The van der Waals surface area contributed by atoms with E-state index in [2.05, 4.69) is 28.5 Å². The lowest BCUT2D eigenvalue weighted by Crippen LogP contribution is -2.49. The van der Waals surface area contributed by atoms with Crippen molar-refractivity contribution < 1.29 is 4.79 Å². The van der Waals surface area contributed by atoms with Crippen molar-refractivity contribution in [2.24, 2.45) is 0 Å². The molecule has 0 aliphatic carbocycles. The van der Waals surface area contributed by atoms with Gasteiger partial charge in [0.25, 0.3) is 0 Å². The normalized spacial score (nSPS) is 26.6. The zero-order valence-corrected chi connectivity index (χ0v) is 11.5. The van der Waals surface area contributed by atoms with Gasteiger partial charge in [-0.15, -0.1) is 0 Å². The van der Waals surface area contributed by atoms with Gasteiger partial charge in [-0.05, 0) is 38.3 Å². The molecule has 0 unspecified atom stereocenters. The molecule has 1 atom stereocenters. The van der Waals surface area contributed by atoms with Crippen LogP contribution in [0.3, 0.4) is 0 Å². The number of piperidine rings is 1. The second-order valence-electron chi connectivity index (χ2n) is 6.01. The first-order valence-corrected chi connectivity index (χ1v) is 7.21. The number of hydrogen-bond donors (Lipinski definition) is 2. The van der Waals surface area contributed by atoms with E-state index in [1.54, 1.807) is 6.20 Å². The van der Waals surface area contributed by atoms with Crippen molar-refractivity contribution in [3.05, 3.63) is 18.0 Å². The van der Waals surface area contributed by atoms with E-state index in [0.29, 0.717) is 5.91 Å². The second-order valence-corrected chi connectivity index (χ2v) is 6.01. The molecule has 1 aromatic heterocycles. The number of carbonyl (C=O) groups is 1. The summed E-state index contributed by atoms with van der Waals surface area (Å²) in [4.78, 5) is 14.4. The Bertz CT molecular complexity index is 428. The summed E-state index contributed by atoms with van der Waals surface area (Å²) in [6.45, 7) is 4.95. The lowest BCUT2D eigenvalue weighted by Gasteiger charge is -2.39. The number of hydrogen-bond acceptors (Lipinski definition) is 3. The van der Waals surface area contributed by atoms with Gasteiger partial charge in [-0.25, -0.2) is 0 Å². The summed E-state index contributed by atoms with van der Waals surface area (Å²) >= 11 is 0. The topological polar surface area (TPSA) is 61.0 Å². The third-order valence-corrected chi connectivity index (χ3v) is 4.69. The van der Waals surface area contributed by atoms with Crippen LogP contribution in [0.2, 0.25) is 0 Å². The Morgan fingerprint density at radius 3 is 2.84 bits per heavy atom. The smallest absolute Gasteiger partial charge is 0.239 e. The van der Waals surface area contributed by atoms with E-state index in [-0.39, 0.29) is 11.5 Å². The molecule has 0 bridgehead atoms. The molecule has 1 amide bonds. The third-order valence-electron chi connectivity index (χ3n) is 4.69. The van der Waals surface area contributed by atoms with Gasteiger partial charge in [0.2, 0.25) is 5.91 Å². The summed E-state index contributed by atoms with van der Waals surface area (Å²) in [6, 6.07) is 2.12. The number of aromatic amines is 1. The number of H-pyrrole nitrogens is 1. The molecule has 2 saturated heterocycles. The van der Waals surface area contributed by atoms with E-state index in [0.717, 1.165) is 45.3 Å². The van der Waals surface area contributed by atoms with E-state index >= 15 is 0 Å². The highest BCUT2D eigenvalue weighted by Gasteiger charge is 2.36. The van der Waals surface area contributed by atoms with Crippen LogP contribution in [-0.4, -0.2) is 46.7 Å². The van der Waals surface area contributed by atoms with Crippen LogP contribution < -0.4 is 5.32 Å². The SMILES string of the molecule is CC1(c2ccn[nH]2)CCN(C(=O)[C@@H]2CCCN2)CC1. The van der Waals surface area contributed by atoms with Crippen molar-refractivity contribution in [1.29, 1.82) is 0 Å². The molecule has 104 valence electrons. The average molecular weight is 262 g/mol. The van der Waals surface area contributed by atoms with Gasteiger partial charge in [0.1, 0.15) is 0 Å². The Hall–Kier alpha value is -1.36. The molecule has 1 aromatic rings. The van der Waals surface area contributed by atoms with E-state index in [4.69, 9.17) is 0 Å². The third kappa shape index (κ3) is 2.39. The highest BCUT2D eigenvalue weighted by molar-refractivity contribution is 5.82. The number of rotatable bonds is 2. The molecular weight excluding hydrogens is 240 g/mol. The predicted molar refractivity (Wildman–Crippen MR) is 72.8 cm³/mol. The summed E-state index contributed by atoms with van der Waals surface area (Å²) in [5, 5.41) is 10.4. The van der Waals surface area contributed by atoms with Crippen LogP contribution in [0.5, 0.6) is 0 Å². The first-order chi connectivity index (χ1) is 9.19. The maximum atomic E-state index is 12.3. The fraction of sp³-hybridized carbons (Fsp3) is 0.714. The van der Waals surface area contributed by atoms with Crippen LogP contribution in [0.15, 0.2) is 12.3 Å². The van der Waals surface area contributed by atoms with E-state index < -0.39 is 0 Å². The Labute approximate surface area is 113 Å². The van der Waals surface area contributed by atoms with Crippen LogP contribution in [0.4, 0.5) is 0 Å².